The summed E-state index contributed by atoms with van der Waals surface area (Å²) in [6, 6.07) is 4.92. The van der Waals surface area contributed by atoms with Gasteiger partial charge < -0.3 is 20.0 Å². The highest BCUT2D eigenvalue weighted by Crippen LogP contribution is 2.30. The standard InChI is InChI=1S/C20H19F3IN3O6/c1-31-16(29)4-6-32-25-10-11-8-13(20(30)27-33-7-5-28)19(18(23)17(11)22)26-15-3-2-12(24)9-14(15)21/h2-3,8-10,26,28H,4-7H2,1H3,(H,27,30). The zero-order chi connectivity index (χ0) is 24.4. The lowest BCUT2D eigenvalue weighted by molar-refractivity contribution is -0.141. The number of halogens is 4. The van der Waals surface area contributed by atoms with E-state index < -0.39 is 52.7 Å². The predicted octanol–water partition coefficient (Wildman–Crippen LogP) is 3.02. The molecule has 0 atom stereocenters. The molecule has 33 heavy (non-hydrogen) atoms. The summed E-state index contributed by atoms with van der Waals surface area (Å²) >= 11 is 1.87. The van der Waals surface area contributed by atoms with Crippen LogP contribution in [0.1, 0.15) is 22.3 Å². The molecule has 0 saturated carbocycles. The van der Waals surface area contributed by atoms with Crippen molar-refractivity contribution in [1.82, 2.24) is 5.48 Å². The van der Waals surface area contributed by atoms with E-state index >= 15 is 0 Å². The minimum atomic E-state index is -1.49. The molecular weight excluding hydrogens is 562 g/mol. The second-order valence-electron chi connectivity index (χ2n) is 6.16. The van der Waals surface area contributed by atoms with Crippen molar-refractivity contribution in [2.75, 3.05) is 32.2 Å². The summed E-state index contributed by atoms with van der Waals surface area (Å²) in [6.07, 6.45) is 0.682. The summed E-state index contributed by atoms with van der Waals surface area (Å²) in [6.45, 7) is -0.842. The van der Waals surface area contributed by atoms with Gasteiger partial charge in [0.15, 0.2) is 11.6 Å². The summed E-state index contributed by atoms with van der Waals surface area (Å²) in [5.41, 5.74) is 0.205. The van der Waals surface area contributed by atoms with Crippen LogP contribution in [0.25, 0.3) is 0 Å². The summed E-state index contributed by atoms with van der Waals surface area (Å²) in [4.78, 5) is 33.1. The van der Waals surface area contributed by atoms with Gasteiger partial charge in [-0.15, -0.1) is 0 Å². The molecule has 0 aliphatic carbocycles. The highest BCUT2D eigenvalue weighted by Gasteiger charge is 2.23. The number of methoxy groups -OCH3 is 1. The fourth-order valence-corrected chi connectivity index (χ4v) is 2.81. The van der Waals surface area contributed by atoms with Gasteiger partial charge in [-0.25, -0.2) is 18.7 Å². The number of esters is 1. The number of aliphatic hydroxyl groups excluding tert-OH is 1. The van der Waals surface area contributed by atoms with Crippen LogP contribution in [0.5, 0.6) is 0 Å². The lowest BCUT2D eigenvalue weighted by Crippen LogP contribution is -2.26. The number of benzene rings is 2. The van der Waals surface area contributed by atoms with Crippen LogP contribution >= 0.6 is 22.6 Å². The van der Waals surface area contributed by atoms with Crippen molar-refractivity contribution in [1.29, 1.82) is 0 Å². The molecule has 0 unspecified atom stereocenters. The number of amides is 1. The Morgan fingerprint density at radius 2 is 1.94 bits per heavy atom. The first kappa shape index (κ1) is 26.3. The van der Waals surface area contributed by atoms with Crippen LogP contribution in [0.4, 0.5) is 24.5 Å². The minimum absolute atomic E-state index is 0.120. The Morgan fingerprint density at radius 3 is 2.61 bits per heavy atom. The summed E-state index contributed by atoms with van der Waals surface area (Å²) < 4.78 is 48.8. The lowest BCUT2D eigenvalue weighted by Gasteiger charge is -2.15. The number of nitrogens with one attached hydrogen (secondary N) is 2. The lowest BCUT2D eigenvalue weighted by atomic mass is 10.1. The van der Waals surface area contributed by atoms with Crippen molar-refractivity contribution in [2.45, 2.75) is 6.42 Å². The Morgan fingerprint density at radius 1 is 1.18 bits per heavy atom. The normalized spacial score (nSPS) is 10.8. The number of aliphatic hydroxyl groups is 1. The van der Waals surface area contributed by atoms with E-state index in [-0.39, 0.29) is 25.3 Å². The van der Waals surface area contributed by atoms with Gasteiger partial charge in [0.25, 0.3) is 5.91 Å². The Balaban J connectivity index is 2.37. The summed E-state index contributed by atoms with van der Waals surface area (Å²) in [5.74, 6) is -5.19. The van der Waals surface area contributed by atoms with Crippen LogP contribution in [0, 0.1) is 21.0 Å². The molecule has 0 saturated heterocycles. The fraction of sp³-hybridized carbons (Fsp3) is 0.250. The molecule has 0 aliphatic rings. The second-order valence-corrected chi connectivity index (χ2v) is 7.41. The molecule has 0 bridgehead atoms. The topological polar surface area (TPSA) is 118 Å². The molecule has 2 aromatic rings. The van der Waals surface area contributed by atoms with Crippen molar-refractivity contribution >= 4 is 52.1 Å². The molecule has 178 valence electrons. The smallest absolute Gasteiger partial charge is 0.309 e. The summed E-state index contributed by atoms with van der Waals surface area (Å²) in [7, 11) is 1.19. The molecule has 2 rings (SSSR count). The number of anilines is 2. The molecule has 1 amide bonds. The van der Waals surface area contributed by atoms with Gasteiger partial charge in [0, 0.05) is 9.13 Å². The molecule has 0 heterocycles. The maximum atomic E-state index is 14.9. The molecular formula is C20H19F3IN3O6. The molecule has 3 N–H and O–H groups in total. The largest absolute Gasteiger partial charge is 0.469 e. The summed E-state index contributed by atoms with van der Waals surface area (Å²) in [5, 5.41) is 14.6. The van der Waals surface area contributed by atoms with Gasteiger partial charge in [0.2, 0.25) is 0 Å². The average Bonchev–Trinajstić information content (AvgIpc) is 2.79. The molecule has 0 spiro atoms. The van der Waals surface area contributed by atoms with Crippen LogP contribution < -0.4 is 10.8 Å². The fourth-order valence-electron chi connectivity index (χ4n) is 2.36. The number of oxime groups is 1. The predicted molar refractivity (Wildman–Crippen MR) is 119 cm³/mol. The van der Waals surface area contributed by atoms with Crippen molar-refractivity contribution in [3.05, 3.63) is 56.4 Å². The maximum Gasteiger partial charge on any atom is 0.309 e. The molecule has 0 fully saturated rings. The highest BCUT2D eigenvalue weighted by atomic mass is 127. The number of nitrogens with zero attached hydrogens (tertiary/aromatic N) is 1. The van der Waals surface area contributed by atoms with Crippen LogP contribution in [0.3, 0.4) is 0 Å². The number of hydrogen-bond donors (Lipinski definition) is 3. The maximum absolute atomic E-state index is 14.9. The molecule has 13 heteroatoms. The molecule has 0 aliphatic heterocycles. The minimum Gasteiger partial charge on any atom is -0.469 e. The zero-order valence-corrected chi connectivity index (χ0v) is 19.3. The molecule has 9 nitrogen and oxygen atoms in total. The highest BCUT2D eigenvalue weighted by molar-refractivity contribution is 14.1. The number of rotatable bonds is 11. The van der Waals surface area contributed by atoms with E-state index in [0.29, 0.717) is 3.57 Å². The van der Waals surface area contributed by atoms with E-state index in [1.165, 1.54) is 19.2 Å². The third kappa shape index (κ3) is 7.57. The number of hydroxylamine groups is 1. The number of carbonyl (C=O) groups excluding carboxylic acids is 2. The van der Waals surface area contributed by atoms with Gasteiger partial charge in [-0.2, -0.15) is 0 Å². The third-order valence-electron chi connectivity index (χ3n) is 3.92. The Bertz CT molecular complexity index is 1040. The average molecular weight is 581 g/mol. The number of carbonyl (C=O) groups is 2. The second kappa shape index (κ2) is 13.0. The van der Waals surface area contributed by atoms with Crippen molar-refractivity contribution < 1.29 is 42.3 Å². The quantitative estimate of drug-likeness (QED) is 0.123. The third-order valence-corrected chi connectivity index (χ3v) is 4.59. The van der Waals surface area contributed by atoms with Crippen molar-refractivity contribution in [2.24, 2.45) is 5.16 Å². The van der Waals surface area contributed by atoms with E-state index in [1.807, 2.05) is 28.1 Å². The zero-order valence-electron chi connectivity index (χ0n) is 17.2. The number of ether oxygens (including phenoxy) is 1. The van der Waals surface area contributed by atoms with Gasteiger partial charge in [-0.05, 0) is 46.9 Å². The van der Waals surface area contributed by atoms with Gasteiger partial charge >= 0.3 is 5.97 Å². The first-order valence-corrected chi connectivity index (χ1v) is 10.4. The van der Waals surface area contributed by atoms with E-state index in [1.54, 1.807) is 0 Å². The van der Waals surface area contributed by atoms with Crippen LogP contribution in [0.15, 0.2) is 29.4 Å². The van der Waals surface area contributed by atoms with Crippen LogP contribution in [-0.2, 0) is 19.2 Å². The Kier molecular flexibility index (Phi) is 10.3. The first-order valence-electron chi connectivity index (χ1n) is 9.27. The molecule has 2 aromatic carbocycles. The Labute approximate surface area is 200 Å². The van der Waals surface area contributed by atoms with Gasteiger partial charge in [0.05, 0.1) is 49.9 Å². The van der Waals surface area contributed by atoms with Crippen LogP contribution in [-0.4, -0.2) is 50.1 Å². The Hall–Kier alpha value is -2.91. The van der Waals surface area contributed by atoms with Gasteiger partial charge in [-0.3, -0.25) is 14.4 Å². The van der Waals surface area contributed by atoms with E-state index in [9.17, 15) is 22.8 Å². The molecule has 0 radical (unpaired) electrons. The van der Waals surface area contributed by atoms with Gasteiger partial charge in [0.1, 0.15) is 12.4 Å². The number of hydrogen-bond acceptors (Lipinski definition) is 8. The first-order chi connectivity index (χ1) is 15.8. The van der Waals surface area contributed by atoms with E-state index in [4.69, 9.17) is 14.8 Å². The van der Waals surface area contributed by atoms with E-state index in [2.05, 4.69) is 15.2 Å². The van der Waals surface area contributed by atoms with Crippen molar-refractivity contribution in [3.8, 4) is 0 Å². The van der Waals surface area contributed by atoms with E-state index in [0.717, 1.165) is 18.3 Å². The van der Waals surface area contributed by atoms with Crippen LogP contribution in [0.2, 0.25) is 0 Å². The monoisotopic (exact) mass is 581 g/mol. The van der Waals surface area contributed by atoms with Gasteiger partial charge in [-0.1, -0.05) is 5.16 Å². The SMILES string of the molecule is COC(=O)CCON=Cc1cc(C(=O)NOCCO)c(Nc2ccc(I)cc2F)c(F)c1F. The van der Waals surface area contributed by atoms with Crippen molar-refractivity contribution in [3.63, 3.8) is 0 Å². The molecule has 0 aromatic heterocycles.